The summed E-state index contributed by atoms with van der Waals surface area (Å²) in [5.74, 6) is 0. The van der Waals surface area contributed by atoms with Crippen LogP contribution in [0.2, 0.25) is 0 Å². The molecule has 0 saturated heterocycles. The Morgan fingerprint density at radius 1 is 1.12 bits per heavy atom. The van der Waals surface area contributed by atoms with Crippen molar-refractivity contribution >= 4 is 23.7 Å². The van der Waals surface area contributed by atoms with Gasteiger partial charge in [0.05, 0.1) is 10.5 Å². The summed E-state index contributed by atoms with van der Waals surface area (Å²) in [6.07, 6.45) is 8.28. The zero-order valence-corrected chi connectivity index (χ0v) is 15.0. The molecule has 1 fully saturated rings. The first-order chi connectivity index (χ1) is 12.2. The number of nitro groups is 1. The first-order valence-electron chi connectivity index (χ1n) is 8.78. The quantitative estimate of drug-likeness (QED) is 0.488. The van der Waals surface area contributed by atoms with Gasteiger partial charge in [-0.15, -0.1) is 11.8 Å². The number of rotatable bonds is 6. The molecule has 0 unspecified atom stereocenters. The first-order valence-corrected chi connectivity index (χ1v) is 9.66. The smallest absolute Gasteiger partial charge is 0.258 e. The van der Waals surface area contributed by atoms with Crippen LogP contribution in [-0.2, 0) is 6.54 Å². The number of nitrogens with zero attached hydrogens (tertiary/aromatic N) is 1. The van der Waals surface area contributed by atoms with Crippen molar-refractivity contribution in [2.75, 3.05) is 0 Å². The summed E-state index contributed by atoms with van der Waals surface area (Å²) < 4.78 is 0. The second-order valence-corrected chi connectivity index (χ2v) is 7.71. The number of hydrogen-bond acceptors (Lipinski definition) is 3. The molecule has 2 aromatic rings. The van der Waals surface area contributed by atoms with Gasteiger partial charge in [-0.25, -0.2) is 4.99 Å². The second kappa shape index (κ2) is 8.81. The van der Waals surface area contributed by atoms with E-state index >= 15 is 0 Å². The number of benzene rings is 2. The van der Waals surface area contributed by atoms with Crippen molar-refractivity contribution in [3.63, 3.8) is 0 Å². The maximum absolute atomic E-state index is 11.1. The van der Waals surface area contributed by atoms with E-state index in [0.29, 0.717) is 11.8 Å². The van der Waals surface area contributed by atoms with Gasteiger partial charge in [0.25, 0.3) is 5.69 Å². The molecule has 0 bridgehead atoms. The summed E-state index contributed by atoms with van der Waals surface area (Å²) in [4.78, 5) is 15.2. The molecule has 2 aromatic carbocycles. The fourth-order valence-corrected chi connectivity index (χ4v) is 4.44. The van der Waals surface area contributed by atoms with Crippen LogP contribution in [0, 0.1) is 10.1 Å². The van der Waals surface area contributed by atoms with Gasteiger partial charge in [0.1, 0.15) is 0 Å². The fraction of sp³-hybridized carbons (Fsp3) is 0.350. The van der Waals surface area contributed by atoms with Crippen LogP contribution in [0.3, 0.4) is 0 Å². The minimum absolute atomic E-state index is 0.140. The highest BCUT2D eigenvalue weighted by atomic mass is 32.2. The van der Waals surface area contributed by atoms with Gasteiger partial charge in [-0.05, 0) is 18.9 Å². The molecule has 1 aliphatic rings. The molecular formula is C20H23N2O2S+. The highest BCUT2D eigenvalue weighted by Crippen LogP contribution is 2.35. The minimum atomic E-state index is -0.330. The van der Waals surface area contributed by atoms with Crippen molar-refractivity contribution in [1.82, 2.24) is 0 Å². The SMILES string of the molecule is O=[N+]([O-])c1ccc(SC2CCCCC2)c(C=[NH+]Cc2ccccc2)c1. The Bertz CT molecular complexity index is 741. The lowest BCUT2D eigenvalue weighted by Gasteiger charge is -2.21. The Hall–Kier alpha value is -2.14. The molecule has 0 radical (unpaired) electrons. The molecule has 130 valence electrons. The summed E-state index contributed by atoms with van der Waals surface area (Å²) in [7, 11) is 0. The van der Waals surface area contributed by atoms with Crippen molar-refractivity contribution in [3.05, 3.63) is 69.8 Å². The van der Waals surface area contributed by atoms with Crippen LogP contribution in [0.25, 0.3) is 0 Å². The number of non-ortho nitro benzene ring substituents is 1. The van der Waals surface area contributed by atoms with Crippen LogP contribution in [-0.4, -0.2) is 16.4 Å². The van der Waals surface area contributed by atoms with E-state index in [4.69, 9.17) is 0 Å². The highest BCUT2D eigenvalue weighted by Gasteiger charge is 2.18. The Kier molecular flexibility index (Phi) is 6.23. The Labute approximate surface area is 152 Å². The molecule has 25 heavy (non-hydrogen) atoms. The van der Waals surface area contributed by atoms with Gasteiger partial charge in [0, 0.05) is 27.8 Å². The van der Waals surface area contributed by atoms with Crippen LogP contribution in [0.5, 0.6) is 0 Å². The van der Waals surface area contributed by atoms with Crippen molar-refractivity contribution < 1.29 is 9.92 Å². The standard InChI is InChI=1S/C20H22N2O2S/c23-22(24)18-11-12-20(25-19-9-5-2-6-10-19)17(13-18)15-21-14-16-7-3-1-4-8-16/h1,3-4,7-8,11-13,15,19H,2,5-6,9-10,14H2/p+1. The van der Waals surface area contributed by atoms with Gasteiger partial charge < -0.3 is 0 Å². The Balaban J connectivity index is 1.78. The third-order valence-corrected chi connectivity index (χ3v) is 5.89. The van der Waals surface area contributed by atoms with Gasteiger partial charge in [-0.1, -0.05) is 49.6 Å². The molecular weight excluding hydrogens is 332 g/mol. The number of nitro benzene ring substituents is 1. The van der Waals surface area contributed by atoms with Gasteiger partial charge >= 0.3 is 0 Å². The van der Waals surface area contributed by atoms with Crippen molar-refractivity contribution in [1.29, 1.82) is 0 Å². The molecule has 0 heterocycles. The predicted molar refractivity (Wildman–Crippen MR) is 102 cm³/mol. The third-order valence-electron chi connectivity index (χ3n) is 4.46. The molecule has 1 saturated carbocycles. The van der Waals surface area contributed by atoms with Gasteiger partial charge in [-0.3, -0.25) is 10.1 Å². The topological polar surface area (TPSA) is 57.1 Å². The van der Waals surface area contributed by atoms with E-state index < -0.39 is 0 Å². The van der Waals surface area contributed by atoms with Gasteiger partial charge in [0.2, 0.25) is 0 Å². The van der Waals surface area contributed by atoms with E-state index in [0.717, 1.165) is 10.5 Å². The van der Waals surface area contributed by atoms with E-state index in [-0.39, 0.29) is 10.6 Å². The zero-order chi connectivity index (χ0) is 17.5. The molecule has 0 aliphatic heterocycles. The monoisotopic (exact) mass is 355 g/mol. The molecule has 1 N–H and O–H groups in total. The van der Waals surface area contributed by atoms with Crippen LogP contribution < -0.4 is 4.99 Å². The van der Waals surface area contributed by atoms with E-state index in [1.54, 1.807) is 12.1 Å². The number of nitrogens with one attached hydrogen (secondary N) is 1. The second-order valence-electron chi connectivity index (χ2n) is 6.37. The highest BCUT2D eigenvalue weighted by molar-refractivity contribution is 8.00. The average Bonchev–Trinajstić information content (AvgIpc) is 2.64. The minimum Gasteiger partial charge on any atom is -0.258 e. The van der Waals surface area contributed by atoms with E-state index in [1.165, 1.54) is 37.7 Å². The average molecular weight is 355 g/mol. The summed E-state index contributed by atoms with van der Waals surface area (Å²) in [5, 5.41) is 11.7. The molecule has 0 amide bonds. The summed E-state index contributed by atoms with van der Waals surface area (Å²) in [5.41, 5.74) is 2.23. The predicted octanol–water partition coefficient (Wildman–Crippen LogP) is 3.72. The molecule has 0 aromatic heterocycles. The lowest BCUT2D eigenvalue weighted by atomic mass is 10.0. The lowest BCUT2D eigenvalue weighted by Crippen LogP contribution is -2.67. The van der Waals surface area contributed by atoms with Crippen LogP contribution in [0.1, 0.15) is 43.2 Å². The zero-order valence-electron chi connectivity index (χ0n) is 14.2. The van der Waals surface area contributed by atoms with Crippen molar-refractivity contribution in [3.8, 4) is 0 Å². The molecule has 0 spiro atoms. The molecule has 4 nitrogen and oxygen atoms in total. The van der Waals surface area contributed by atoms with Crippen LogP contribution in [0.15, 0.2) is 53.4 Å². The normalized spacial score (nSPS) is 15.5. The molecule has 0 atom stereocenters. The maximum atomic E-state index is 11.1. The summed E-state index contributed by atoms with van der Waals surface area (Å²) >= 11 is 1.86. The lowest BCUT2D eigenvalue weighted by molar-refractivity contribution is -0.469. The first kappa shape index (κ1) is 17.7. The van der Waals surface area contributed by atoms with Crippen molar-refractivity contribution in [2.45, 2.75) is 48.8 Å². The number of hydrogen-bond donors (Lipinski definition) is 1. The third kappa shape index (κ3) is 5.16. The number of thioether (sulfide) groups is 1. The van der Waals surface area contributed by atoms with Gasteiger partial charge in [-0.2, -0.15) is 0 Å². The maximum Gasteiger partial charge on any atom is 0.270 e. The van der Waals surface area contributed by atoms with Crippen molar-refractivity contribution in [2.24, 2.45) is 0 Å². The summed E-state index contributed by atoms with van der Waals surface area (Å²) in [6, 6.07) is 15.3. The van der Waals surface area contributed by atoms with Crippen LogP contribution >= 0.6 is 11.8 Å². The molecule has 1 aliphatic carbocycles. The summed E-state index contributed by atoms with van der Waals surface area (Å²) in [6.45, 7) is 0.705. The van der Waals surface area contributed by atoms with Gasteiger partial charge in [0.15, 0.2) is 12.8 Å². The Morgan fingerprint density at radius 2 is 1.88 bits per heavy atom. The van der Waals surface area contributed by atoms with Crippen LogP contribution in [0.4, 0.5) is 5.69 Å². The molecule has 3 rings (SSSR count). The fourth-order valence-electron chi connectivity index (χ4n) is 3.11. The van der Waals surface area contributed by atoms with E-state index in [1.807, 2.05) is 42.2 Å². The van der Waals surface area contributed by atoms with E-state index in [9.17, 15) is 10.1 Å². The largest absolute Gasteiger partial charge is 0.270 e. The molecule has 5 heteroatoms. The Morgan fingerprint density at radius 3 is 2.60 bits per heavy atom. The van der Waals surface area contributed by atoms with E-state index in [2.05, 4.69) is 17.1 Å².